The van der Waals surface area contributed by atoms with Crippen molar-refractivity contribution in [2.45, 2.75) is 6.42 Å². The molecule has 0 aliphatic heterocycles. The Labute approximate surface area is 117 Å². The first-order chi connectivity index (χ1) is 8.25. The third-order valence-electron chi connectivity index (χ3n) is 2.24. The molecule has 17 heavy (non-hydrogen) atoms. The number of halogens is 1. The maximum Gasteiger partial charge on any atom is 0.251 e. The second-order valence-electron chi connectivity index (χ2n) is 3.50. The highest BCUT2D eigenvalue weighted by Crippen LogP contribution is 2.07. The van der Waals surface area contributed by atoms with E-state index < -0.39 is 0 Å². The van der Waals surface area contributed by atoms with E-state index in [1.165, 1.54) is 0 Å². The number of hydrogen-bond acceptors (Lipinski definition) is 3. The van der Waals surface area contributed by atoms with Gasteiger partial charge in [-0.05, 0) is 40.8 Å². The van der Waals surface area contributed by atoms with Gasteiger partial charge in [0.25, 0.3) is 5.91 Å². The number of nitrogens with one attached hydrogen (secondary N) is 1. The molecule has 1 aromatic heterocycles. The fourth-order valence-corrected chi connectivity index (χ4v) is 2.53. The largest absolute Gasteiger partial charge is 0.352 e. The SMILES string of the molecule is O=C(NCCc1cscn1)c1cccc(I)c1. The minimum absolute atomic E-state index is 0.0289. The fourth-order valence-electron chi connectivity index (χ4n) is 1.40. The molecule has 2 rings (SSSR count). The zero-order chi connectivity index (χ0) is 12.1. The highest BCUT2D eigenvalue weighted by atomic mass is 127. The van der Waals surface area contributed by atoms with Crippen molar-refractivity contribution in [1.29, 1.82) is 0 Å². The Bertz CT molecular complexity index is 499. The second kappa shape index (κ2) is 6.11. The number of rotatable bonds is 4. The van der Waals surface area contributed by atoms with Gasteiger partial charge in [-0.1, -0.05) is 6.07 Å². The Balaban J connectivity index is 1.85. The van der Waals surface area contributed by atoms with E-state index in [2.05, 4.69) is 32.9 Å². The molecule has 2 aromatic rings. The van der Waals surface area contributed by atoms with Crippen molar-refractivity contribution in [3.63, 3.8) is 0 Å². The number of thiazole rings is 1. The van der Waals surface area contributed by atoms with E-state index in [0.29, 0.717) is 12.1 Å². The molecule has 0 saturated heterocycles. The molecule has 0 saturated carbocycles. The molecule has 1 aromatic carbocycles. The van der Waals surface area contributed by atoms with Crippen molar-refractivity contribution in [3.05, 3.63) is 50.0 Å². The number of aromatic nitrogens is 1. The average Bonchev–Trinajstić information content (AvgIpc) is 2.82. The van der Waals surface area contributed by atoms with E-state index in [9.17, 15) is 4.79 Å². The van der Waals surface area contributed by atoms with Crippen LogP contribution in [0.25, 0.3) is 0 Å². The molecule has 0 radical (unpaired) electrons. The summed E-state index contributed by atoms with van der Waals surface area (Å²) in [6, 6.07) is 7.54. The summed E-state index contributed by atoms with van der Waals surface area (Å²) in [5, 5.41) is 4.88. The average molecular weight is 358 g/mol. The Kier molecular flexibility index (Phi) is 4.49. The fraction of sp³-hybridized carbons (Fsp3) is 0.167. The van der Waals surface area contributed by atoms with Crippen molar-refractivity contribution >= 4 is 39.8 Å². The molecule has 0 bridgehead atoms. The quantitative estimate of drug-likeness (QED) is 0.854. The summed E-state index contributed by atoms with van der Waals surface area (Å²) in [7, 11) is 0. The Morgan fingerprint density at radius 2 is 2.35 bits per heavy atom. The lowest BCUT2D eigenvalue weighted by Gasteiger charge is -2.04. The highest BCUT2D eigenvalue weighted by Gasteiger charge is 2.05. The molecular formula is C12H11IN2OS. The molecule has 3 nitrogen and oxygen atoms in total. The molecule has 1 heterocycles. The Morgan fingerprint density at radius 3 is 3.06 bits per heavy atom. The molecule has 0 spiro atoms. The normalized spacial score (nSPS) is 10.2. The van der Waals surface area contributed by atoms with Gasteiger partial charge in [0.1, 0.15) is 0 Å². The zero-order valence-electron chi connectivity index (χ0n) is 9.02. The first-order valence-electron chi connectivity index (χ1n) is 5.16. The number of hydrogen-bond donors (Lipinski definition) is 1. The summed E-state index contributed by atoms with van der Waals surface area (Å²) in [6.45, 7) is 0.619. The van der Waals surface area contributed by atoms with Gasteiger partial charge in [-0.3, -0.25) is 4.79 Å². The predicted molar refractivity (Wildman–Crippen MR) is 77.3 cm³/mol. The summed E-state index contributed by atoms with van der Waals surface area (Å²) < 4.78 is 1.06. The predicted octanol–water partition coefficient (Wildman–Crippen LogP) is 2.72. The van der Waals surface area contributed by atoms with E-state index in [4.69, 9.17) is 0 Å². The summed E-state index contributed by atoms with van der Waals surface area (Å²) >= 11 is 3.77. The van der Waals surface area contributed by atoms with Crippen LogP contribution in [0.2, 0.25) is 0 Å². The number of carbonyl (C=O) groups is 1. The van der Waals surface area contributed by atoms with Gasteiger partial charge in [0, 0.05) is 27.5 Å². The van der Waals surface area contributed by atoms with Crippen LogP contribution in [0, 0.1) is 3.57 Å². The van der Waals surface area contributed by atoms with Crippen molar-refractivity contribution < 1.29 is 4.79 Å². The molecule has 88 valence electrons. The van der Waals surface area contributed by atoms with E-state index >= 15 is 0 Å². The van der Waals surface area contributed by atoms with Crippen LogP contribution in [0.3, 0.4) is 0 Å². The van der Waals surface area contributed by atoms with Gasteiger partial charge in [-0.2, -0.15) is 0 Å². The number of carbonyl (C=O) groups excluding carboxylic acids is 1. The van der Waals surface area contributed by atoms with Crippen molar-refractivity contribution in [2.75, 3.05) is 6.54 Å². The molecule has 0 fully saturated rings. The third kappa shape index (κ3) is 3.78. The number of amides is 1. The highest BCUT2D eigenvalue weighted by molar-refractivity contribution is 14.1. The molecule has 1 amide bonds. The monoisotopic (exact) mass is 358 g/mol. The van der Waals surface area contributed by atoms with Crippen LogP contribution in [-0.2, 0) is 6.42 Å². The van der Waals surface area contributed by atoms with Crippen LogP contribution < -0.4 is 5.32 Å². The van der Waals surface area contributed by atoms with Gasteiger partial charge in [-0.15, -0.1) is 11.3 Å². The van der Waals surface area contributed by atoms with Gasteiger partial charge in [0.2, 0.25) is 0 Å². The Morgan fingerprint density at radius 1 is 1.47 bits per heavy atom. The lowest BCUT2D eigenvalue weighted by atomic mass is 10.2. The minimum atomic E-state index is -0.0289. The van der Waals surface area contributed by atoms with E-state index in [1.807, 2.05) is 29.6 Å². The second-order valence-corrected chi connectivity index (χ2v) is 5.46. The van der Waals surface area contributed by atoms with Crippen LogP contribution in [0.1, 0.15) is 16.1 Å². The van der Waals surface area contributed by atoms with Crippen molar-refractivity contribution in [2.24, 2.45) is 0 Å². The first-order valence-corrected chi connectivity index (χ1v) is 7.19. The molecule has 1 N–H and O–H groups in total. The minimum Gasteiger partial charge on any atom is -0.352 e. The molecule has 5 heteroatoms. The summed E-state index contributed by atoms with van der Waals surface area (Å²) in [5.74, 6) is -0.0289. The van der Waals surface area contributed by atoms with Crippen LogP contribution in [-0.4, -0.2) is 17.4 Å². The van der Waals surface area contributed by atoms with Crippen LogP contribution >= 0.6 is 33.9 Å². The van der Waals surface area contributed by atoms with Gasteiger partial charge >= 0.3 is 0 Å². The summed E-state index contributed by atoms with van der Waals surface area (Å²) in [5.41, 5.74) is 3.53. The van der Waals surface area contributed by atoms with Crippen LogP contribution in [0.5, 0.6) is 0 Å². The molecular weight excluding hydrogens is 347 g/mol. The number of benzene rings is 1. The van der Waals surface area contributed by atoms with Crippen LogP contribution in [0.15, 0.2) is 35.2 Å². The van der Waals surface area contributed by atoms with E-state index in [-0.39, 0.29) is 5.91 Å². The standard InChI is InChI=1S/C12H11IN2OS/c13-10-3-1-2-9(6-10)12(16)14-5-4-11-7-17-8-15-11/h1-3,6-8H,4-5H2,(H,14,16). The lowest BCUT2D eigenvalue weighted by molar-refractivity contribution is 0.0954. The van der Waals surface area contributed by atoms with Gasteiger partial charge in [0.15, 0.2) is 0 Å². The first kappa shape index (κ1) is 12.5. The van der Waals surface area contributed by atoms with Gasteiger partial charge in [-0.25, -0.2) is 4.98 Å². The van der Waals surface area contributed by atoms with Crippen molar-refractivity contribution in [3.8, 4) is 0 Å². The maximum atomic E-state index is 11.8. The maximum absolute atomic E-state index is 11.8. The van der Waals surface area contributed by atoms with E-state index in [0.717, 1.165) is 15.7 Å². The van der Waals surface area contributed by atoms with Gasteiger partial charge in [0.05, 0.1) is 11.2 Å². The zero-order valence-corrected chi connectivity index (χ0v) is 12.0. The van der Waals surface area contributed by atoms with Gasteiger partial charge < -0.3 is 5.32 Å². The summed E-state index contributed by atoms with van der Waals surface area (Å²) in [4.78, 5) is 16.0. The topological polar surface area (TPSA) is 42.0 Å². The summed E-state index contributed by atoms with van der Waals surface area (Å²) in [6.07, 6.45) is 0.777. The molecule has 0 aliphatic carbocycles. The smallest absolute Gasteiger partial charge is 0.251 e. The van der Waals surface area contributed by atoms with Crippen LogP contribution in [0.4, 0.5) is 0 Å². The molecule has 0 aliphatic rings. The third-order valence-corrected chi connectivity index (χ3v) is 3.54. The molecule has 0 atom stereocenters. The number of nitrogens with zero attached hydrogens (tertiary/aromatic N) is 1. The van der Waals surface area contributed by atoms with Crippen molar-refractivity contribution in [1.82, 2.24) is 10.3 Å². The molecule has 0 unspecified atom stereocenters. The lowest BCUT2D eigenvalue weighted by Crippen LogP contribution is -2.25. The Hall–Kier alpha value is -0.950. The van der Waals surface area contributed by atoms with E-state index in [1.54, 1.807) is 16.8 Å².